The summed E-state index contributed by atoms with van der Waals surface area (Å²) in [5.74, 6) is 1.25. The molecule has 0 amide bonds. The fraction of sp³-hybridized carbons (Fsp3) is 0.273. The first-order valence-electron chi connectivity index (χ1n) is 8.95. The molecule has 2 aromatic carbocycles. The molecule has 1 unspecified atom stereocenters. The van der Waals surface area contributed by atoms with E-state index >= 15 is 0 Å². The normalized spacial score (nSPS) is 12.3. The van der Waals surface area contributed by atoms with E-state index in [0.717, 1.165) is 22.6 Å². The zero-order valence-electron chi connectivity index (χ0n) is 15.3. The third-order valence-electron chi connectivity index (χ3n) is 4.16. The molecule has 0 saturated heterocycles. The first kappa shape index (κ1) is 19.1. The maximum Gasteiger partial charge on any atom is 0.123 e. The summed E-state index contributed by atoms with van der Waals surface area (Å²) in [7, 11) is 0. The molecule has 3 rings (SSSR count). The Balaban J connectivity index is 1.61. The van der Waals surface area contributed by atoms with Crippen LogP contribution in [0, 0.1) is 12.7 Å². The van der Waals surface area contributed by atoms with E-state index < -0.39 is 6.10 Å². The van der Waals surface area contributed by atoms with E-state index in [1.54, 1.807) is 12.3 Å². The van der Waals surface area contributed by atoms with E-state index in [-0.39, 0.29) is 12.4 Å². The van der Waals surface area contributed by atoms with Crippen LogP contribution in [0.25, 0.3) is 0 Å². The zero-order chi connectivity index (χ0) is 19.1. The molecule has 0 aliphatic heterocycles. The van der Waals surface area contributed by atoms with Crippen LogP contribution in [0.1, 0.15) is 16.9 Å². The first-order valence-corrected chi connectivity index (χ1v) is 8.95. The van der Waals surface area contributed by atoms with Crippen LogP contribution in [0.5, 0.6) is 5.75 Å². The van der Waals surface area contributed by atoms with Crippen LogP contribution in [0.2, 0.25) is 0 Å². The highest BCUT2D eigenvalue weighted by Crippen LogP contribution is 2.15. The summed E-state index contributed by atoms with van der Waals surface area (Å²) in [6.45, 7) is 3.57. The molecule has 1 heterocycles. The highest BCUT2D eigenvalue weighted by molar-refractivity contribution is 5.27. The molecule has 0 aliphatic carbocycles. The Labute approximate surface area is 158 Å². The van der Waals surface area contributed by atoms with Gasteiger partial charge in [0.25, 0.3) is 0 Å². The molecule has 3 aromatic rings. The third kappa shape index (κ3) is 6.24. The van der Waals surface area contributed by atoms with Gasteiger partial charge in [0.1, 0.15) is 30.0 Å². The minimum absolute atomic E-state index is 0.182. The largest absolute Gasteiger partial charge is 0.491 e. The van der Waals surface area contributed by atoms with Gasteiger partial charge in [0, 0.05) is 13.1 Å². The fourth-order valence-electron chi connectivity index (χ4n) is 2.95. The highest BCUT2D eigenvalue weighted by Gasteiger charge is 2.15. The van der Waals surface area contributed by atoms with Crippen LogP contribution in [0.3, 0.4) is 0 Å². The van der Waals surface area contributed by atoms with Crippen molar-refractivity contribution in [1.82, 2.24) is 4.90 Å². The molecule has 0 aliphatic rings. The lowest BCUT2D eigenvalue weighted by Gasteiger charge is -2.24. The molecule has 142 valence electrons. The van der Waals surface area contributed by atoms with Gasteiger partial charge in [-0.15, -0.1) is 0 Å². The van der Waals surface area contributed by atoms with Gasteiger partial charge in [-0.3, -0.25) is 4.90 Å². The molecule has 27 heavy (non-hydrogen) atoms. The predicted octanol–water partition coefficient (Wildman–Crippen LogP) is 4.17. The summed E-state index contributed by atoms with van der Waals surface area (Å²) >= 11 is 0. The van der Waals surface area contributed by atoms with Gasteiger partial charge in [0.2, 0.25) is 0 Å². The monoisotopic (exact) mass is 369 g/mol. The quantitative estimate of drug-likeness (QED) is 0.615. The number of nitrogens with zero attached hydrogens (tertiary/aromatic N) is 1. The number of rotatable bonds is 9. The van der Waals surface area contributed by atoms with E-state index in [4.69, 9.17) is 9.15 Å². The molecule has 0 bridgehead atoms. The molecular formula is C22H24FNO3. The highest BCUT2D eigenvalue weighted by atomic mass is 19.1. The smallest absolute Gasteiger partial charge is 0.123 e. The van der Waals surface area contributed by atoms with Crippen molar-refractivity contribution < 1.29 is 18.7 Å². The average molecular weight is 369 g/mol. The van der Waals surface area contributed by atoms with Crippen molar-refractivity contribution in [3.8, 4) is 5.75 Å². The number of ether oxygens (including phenoxy) is 1. The number of aliphatic hydroxyl groups excluding tert-OH is 1. The van der Waals surface area contributed by atoms with Crippen molar-refractivity contribution in [2.45, 2.75) is 26.1 Å². The fourth-order valence-corrected chi connectivity index (χ4v) is 2.95. The van der Waals surface area contributed by atoms with Crippen molar-refractivity contribution in [1.29, 1.82) is 0 Å². The minimum Gasteiger partial charge on any atom is -0.491 e. The molecule has 0 fully saturated rings. The Hall–Kier alpha value is -2.63. The van der Waals surface area contributed by atoms with Gasteiger partial charge >= 0.3 is 0 Å². The van der Waals surface area contributed by atoms with Crippen molar-refractivity contribution in [3.63, 3.8) is 0 Å². The van der Waals surface area contributed by atoms with Crippen molar-refractivity contribution in [2.24, 2.45) is 0 Å². The van der Waals surface area contributed by atoms with Crippen molar-refractivity contribution in [3.05, 3.63) is 89.6 Å². The lowest BCUT2D eigenvalue weighted by Crippen LogP contribution is -2.35. The van der Waals surface area contributed by atoms with Crippen molar-refractivity contribution in [2.75, 3.05) is 13.2 Å². The Morgan fingerprint density at radius 1 is 1.07 bits per heavy atom. The Bertz CT molecular complexity index is 835. The number of aliphatic hydroxyl groups is 1. The van der Waals surface area contributed by atoms with Crippen LogP contribution in [0.4, 0.5) is 4.39 Å². The van der Waals surface area contributed by atoms with Gasteiger partial charge in [-0.25, -0.2) is 4.39 Å². The molecule has 5 heteroatoms. The summed E-state index contributed by atoms with van der Waals surface area (Å²) in [5, 5.41) is 10.4. The molecule has 1 N–H and O–H groups in total. The molecule has 0 saturated carbocycles. The van der Waals surface area contributed by atoms with Crippen LogP contribution >= 0.6 is 0 Å². The summed E-state index contributed by atoms with van der Waals surface area (Å²) in [5.41, 5.74) is 1.95. The van der Waals surface area contributed by atoms with Gasteiger partial charge in [0.15, 0.2) is 0 Å². The second-order valence-electron chi connectivity index (χ2n) is 6.66. The number of halogens is 1. The maximum absolute atomic E-state index is 13.5. The minimum atomic E-state index is -0.686. The lowest BCUT2D eigenvalue weighted by molar-refractivity contribution is 0.0604. The van der Waals surface area contributed by atoms with Gasteiger partial charge < -0.3 is 14.3 Å². The van der Waals surface area contributed by atoms with Gasteiger partial charge in [-0.2, -0.15) is 0 Å². The molecule has 4 nitrogen and oxygen atoms in total. The Morgan fingerprint density at radius 2 is 1.93 bits per heavy atom. The topological polar surface area (TPSA) is 45.8 Å². The average Bonchev–Trinajstić information content (AvgIpc) is 3.13. The summed E-state index contributed by atoms with van der Waals surface area (Å²) in [6, 6.07) is 17.9. The number of hydrogen-bond acceptors (Lipinski definition) is 4. The molecule has 1 aromatic heterocycles. The number of benzene rings is 2. The Morgan fingerprint density at radius 3 is 2.67 bits per heavy atom. The SMILES string of the molecule is Cc1cccc(OCC(O)CN(Cc2cccc(F)c2)Cc2ccco2)c1. The second-order valence-corrected chi connectivity index (χ2v) is 6.66. The maximum atomic E-state index is 13.5. The first-order chi connectivity index (χ1) is 13.1. The van der Waals surface area contributed by atoms with Gasteiger partial charge in [-0.1, -0.05) is 24.3 Å². The number of aryl methyl sites for hydroxylation is 1. The van der Waals surface area contributed by atoms with Gasteiger partial charge in [0.05, 0.1) is 12.8 Å². The van der Waals surface area contributed by atoms with Crippen LogP contribution in [-0.4, -0.2) is 29.3 Å². The van der Waals surface area contributed by atoms with Crippen LogP contribution in [0.15, 0.2) is 71.3 Å². The lowest BCUT2D eigenvalue weighted by atomic mass is 10.2. The van der Waals surface area contributed by atoms with Gasteiger partial charge in [-0.05, 0) is 54.4 Å². The van der Waals surface area contributed by atoms with E-state index in [0.29, 0.717) is 19.6 Å². The molecule has 0 spiro atoms. The van der Waals surface area contributed by atoms with Crippen LogP contribution in [-0.2, 0) is 13.1 Å². The number of furan rings is 1. The second kappa shape index (κ2) is 9.35. The van der Waals surface area contributed by atoms with E-state index in [9.17, 15) is 9.50 Å². The zero-order valence-corrected chi connectivity index (χ0v) is 15.3. The molecule has 0 radical (unpaired) electrons. The molecular weight excluding hydrogens is 345 g/mol. The van der Waals surface area contributed by atoms with Crippen LogP contribution < -0.4 is 4.74 Å². The Kier molecular flexibility index (Phi) is 6.63. The third-order valence-corrected chi connectivity index (χ3v) is 4.16. The predicted molar refractivity (Wildman–Crippen MR) is 102 cm³/mol. The van der Waals surface area contributed by atoms with Crippen molar-refractivity contribution >= 4 is 0 Å². The van der Waals surface area contributed by atoms with E-state index in [1.807, 2.05) is 54.3 Å². The standard InChI is InChI=1S/C22H24FNO3/c1-17-5-2-8-21(11-17)27-16-20(25)14-24(15-22-9-4-10-26-22)13-18-6-3-7-19(23)12-18/h2-12,20,25H,13-16H2,1H3. The summed E-state index contributed by atoms with van der Waals surface area (Å²) < 4.78 is 24.6. The van der Waals surface area contributed by atoms with E-state index in [2.05, 4.69) is 0 Å². The number of hydrogen-bond donors (Lipinski definition) is 1. The summed E-state index contributed by atoms with van der Waals surface area (Å²) in [4.78, 5) is 2.01. The molecule has 1 atom stereocenters. The van der Waals surface area contributed by atoms with E-state index in [1.165, 1.54) is 12.1 Å². The summed E-state index contributed by atoms with van der Waals surface area (Å²) in [6.07, 6.45) is 0.932.